The van der Waals surface area contributed by atoms with E-state index in [1.54, 1.807) is 5.57 Å². The smallest absolute Gasteiger partial charge is 0.306 e. The largest absolute Gasteiger partial charge is 0.462 e. The number of carbonyl (C=O) groups is 1. The van der Waals surface area contributed by atoms with E-state index in [1.165, 1.54) is 161 Å². The van der Waals surface area contributed by atoms with Gasteiger partial charge in [0.05, 0.1) is 0 Å². The van der Waals surface area contributed by atoms with Gasteiger partial charge >= 0.3 is 5.97 Å². The van der Waals surface area contributed by atoms with Gasteiger partial charge in [-0.05, 0) is 123 Å². The molecule has 0 amide bonds. The number of hydrogen-bond acceptors (Lipinski definition) is 2. The Morgan fingerprint density at radius 3 is 2.02 bits per heavy atom. The monoisotopic (exact) mass is 707 g/mol. The Bertz CT molecular complexity index is 1040. The fourth-order valence-electron chi connectivity index (χ4n) is 12.0. The topological polar surface area (TPSA) is 26.3 Å². The van der Waals surface area contributed by atoms with E-state index in [-0.39, 0.29) is 12.1 Å². The molecule has 0 heterocycles. The van der Waals surface area contributed by atoms with Crippen LogP contribution in [0.5, 0.6) is 0 Å². The zero-order valence-electron chi connectivity index (χ0n) is 35.1. The van der Waals surface area contributed by atoms with Crippen molar-refractivity contribution in [1.29, 1.82) is 0 Å². The molecule has 0 saturated heterocycles. The van der Waals surface area contributed by atoms with Crippen molar-refractivity contribution >= 4 is 5.97 Å². The zero-order chi connectivity index (χ0) is 36.5. The van der Waals surface area contributed by atoms with Crippen molar-refractivity contribution in [2.45, 2.75) is 234 Å². The summed E-state index contributed by atoms with van der Waals surface area (Å²) in [4.78, 5) is 12.9. The molecule has 0 aliphatic heterocycles. The quantitative estimate of drug-likeness (QED) is 0.0537. The van der Waals surface area contributed by atoms with Gasteiger partial charge in [0.15, 0.2) is 0 Å². The van der Waals surface area contributed by atoms with Crippen molar-refractivity contribution in [2.24, 2.45) is 46.3 Å². The molecule has 8 atom stereocenters. The standard InChI is InChI=1S/C49H86O2/c1-7-8-9-10-11-12-13-14-15-16-17-18-19-20-21-22-23-24-25-29-47(50)51-42-34-36-48(5)41(38-42)30-31-43-45-33-32-44(40(4)28-26-27-39(2)3)49(45,6)37-35-46(43)48/h14-15,30,39-40,42-46H,7-13,16-29,31-38H2,1-6H3/b15-14-/t40-,42+,43+,44?,45+,46+,48+,49-/m1/s1. The van der Waals surface area contributed by atoms with Crippen LogP contribution in [0.4, 0.5) is 0 Å². The summed E-state index contributed by atoms with van der Waals surface area (Å²) in [6, 6.07) is 0. The summed E-state index contributed by atoms with van der Waals surface area (Å²) in [5.74, 6) is 5.32. The molecule has 3 saturated carbocycles. The highest BCUT2D eigenvalue weighted by molar-refractivity contribution is 5.69. The van der Waals surface area contributed by atoms with Crippen LogP contribution in [0, 0.1) is 46.3 Å². The zero-order valence-corrected chi connectivity index (χ0v) is 35.1. The average molecular weight is 707 g/mol. The Morgan fingerprint density at radius 2 is 1.37 bits per heavy atom. The molecule has 2 heteroatoms. The van der Waals surface area contributed by atoms with Crippen molar-refractivity contribution in [3.05, 3.63) is 23.8 Å². The first kappa shape index (κ1) is 42.7. The number of allylic oxidation sites excluding steroid dienone is 3. The highest BCUT2D eigenvalue weighted by Crippen LogP contribution is 2.67. The van der Waals surface area contributed by atoms with Crippen LogP contribution < -0.4 is 0 Å². The van der Waals surface area contributed by atoms with Crippen molar-refractivity contribution in [1.82, 2.24) is 0 Å². The summed E-state index contributed by atoms with van der Waals surface area (Å²) in [6.45, 7) is 15.0. The SMILES string of the molecule is CCCCCCCC/C=C\CCCCCCCCCCCC(=O)O[C@H]1CC[C@@]2(C)C(=CC[C@@H]3[C@@H]2CC[C@]2(C)C([C@H](C)CCCC(C)C)CC[C@@H]32)C1. The molecule has 0 N–H and O–H groups in total. The molecule has 294 valence electrons. The van der Waals surface area contributed by atoms with Crippen molar-refractivity contribution in [3.63, 3.8) is 0 Å². The van der Waals surface area contributed by atoms with E-state index in [9.17, 15) is 4.79 Å². The Morgan fingerprint density at radius 1 is 0.745 bits per heavy atom. The second kappa shape index (κ2) is 22.4. The van der Waals surface area contributed by atoms with E-state index in [0.717, 1.165) is 54.8 Å². The normalized spacial score (nSPS) is 31.0. The number of fused-ring (bicyclic) bond motifs is 5. The van der Waals surface area contributed by atoms with Crippen LogP contribution in [-0.4, -0.2) is 12.1 Å². The molecule has 0 spiro atoms. The molecule has 0 aromatic rings. The maximum atomic E-state index is 12.9. The second-order valence-corrected chi connectivity index (χ2v) is 19.4. The number of esters is 1. The highest BCUT2D eigenvalue weighted by atomic mass is 16.5. The maximum absolute atomic E-state index is 12.9. The lowest BCUT2D eigenvalue weighted by molar-refractivity contribution is -0.151. The molecule has 0 aromatic heterocycles. The van der Waals surface area contributed by atoms with Gasteiger partial charge in [-0.2, -0.15) is 0 Å². The second-order valence-electron chi connectivity index (χ2n) is 19.4. The average Bonchev–Trinajstić information content (AvgIpc) is 3.46. The number of carbonyl (C=O) groups excluding carboxylic acids is 1. The fraction of sp³-hybridized carbons (Fsp3) is 0.898. The van der Waals surface area contributed by atoms with E-state index in [0.29, 0.717) is 17.3 Å². The predicted molar refractivity (Wildman–Crippen MR) is 221 cm³/mol. The summed E-state index contributed by atoms with van der Waals surface area (Å²) >= 11 is 0. The number of unbranched alkanes of at least 4 members (excludes halogenated alkanes) is 15. The first-order valence-corrected chi connectivity index (χ1v) is 23.2. The first-order chi connectivity index (χ1) is 24.7. The molecule has 3 fully saturated rings. The molecule has 2 nitrogen and oxygen atoms in total. The van der Waals surface area contributed by atoms with Crippen molar-refractivity contribution in [2.75, 3.05) is 0 Å². The maximum Gasteiger partial charge on any atom is 0.306 e. The molecule has 4 rings (SSSR count). The molecule has 0 bridgehead atoms. The van der Waals surface area contributed by atoms with E-state index in [1.807, 2.05) is 0 Å². The number of ether oxygens (including phenoxy) is 1. The molecular formula is C49H86O2. The molecule has 1 unspecified atom stereocenters. The summed E-state index contributed by atoms with van der Waals surface area (Å²) in [6.07, 6.45) is 45.4. The molecule has 4 aliphatic carbocycles. The summed E-state index contributed by atoms with van der Waals surface area (Å²) in [7, 11) is 0. The Hall–Kier alpha value is -1.05. The van der Waals surface area contributed by atoms with Crippen LogP contribution in [-0.2, 0) is 9.53 Å². The van der Waals surface area contributed by atoms with Crippen LogP contribution in [0.2, 0.25) is 0 Å². The van der Waals surface area contributed by atoms with Gasteiger partial charge in [0.25, 0.3) is 0 Å². The van der Waals surface area contributed by atoms with Gasteiger partial charge in [-0.25, -0.2) is 0 Å². The van der Waals surface area contributed by atoms with Gasteiger partial charge < -0.3 is 4.74 Å². The van der Waals surface area contributed by atoms with Crippen LogP contribution in [0.15, 0.2) is 23.8 Å². The molecule has 4 aliphatic rings. The van der Waals surface area contributed by atoms with Crippen LogP contribution >= 0.6 is 0 Å². The number of hydrogen-bond donors (Lipinski definition) is 0. The van der Waals surface area contributed by atoms with Gasteiger partial charge in [-0.1, -0.05) is 162 Å². The summed E-state index contributed by atoms with van der Waals surface area (Å²) in [5.41, 5.74) is 2.53. The van der Waals surface area contributed by atoms with Gasteiger partial charge in [-0.15, -0.1) is 0 Å². The van der Waals surface area contributed by atoms with Gasteiger partial charge in [0.1, 0.15) is 6.10 Å². The van der Waals surface area contributed by atoms with E-state index < -0.39 is 0 Å². The van der Waals surface area contributed by atoms with Crippen molar-refractivity contribution < 1.29 is 9.53 Å². The minimum Gasteiger partial charge on any atom is -0.462 e. The van der Waals surface area contributed by atoms with Gasteiger partial charge in [0.2, 0.25) is 0 Å². The van der Waals surface area contributed by atoms with E-state index in [4.69, 9.17) is 4.74 Å². The molecule has 51 heavy (non-hydrogen) atoms. The Balaban J connectivity index is 1.04. The lowest BCUT2D eigenvalue weighted by atomic mass is 9.47. The molecular weight excluding hydrogens is 621 g/mol. The lowest BCUT2D eigenvalue weighted by Gasteiger charge is -2.58. The van der Waals surface area contributed by atoms with Crippen LogP contribution in [0.3, 0.4) is 0 Å². The van der Waals surface area contributed by atoms with Crippen molar-refractivity contribution in [3.8, 4) is 0 Å². The molecule has 0 radical (unpaired) electrons. The third-order valence-corrected chi connectivity index (χ3v) is 15.2. The molecule has 0 aromatic carbocycles. The third kappa shape index (κ3) is 12.8. The Kier molecular flexibility index (Phi) is 18.7. The lowest BCUT2D eigenvalue weighted by Crippen LogP contribution is -2.51. The fourth-order valence-corrected chi connectivity index (χ4v) is 12.0. The summed E-state index contributed by atoms with van der Waals surface area (Å²) in [5, 5.41) is 0. The van der Waals surface area contributed by atoms with Crippen LogP contribution in [0.1, 0.15) is 228 Å². The minimum absolute atomic E-state index is 0.0619. The third-order valence-electron chi connectivity index (χ3n) is 15.2. The van der Waals surface area contributed by atoms with Crippen LogP contribution in [0.25, 0.3) is 0 Å². The first-order valence-electron chi connectivity index (χ1n) is 23.2. The Labute approximate surface area is 318 Å². The van der Waals surface area contributed by atoms with Gasteiger partial charge in [0, 0.05) is 12.8 Å². The minimum atomic E-state index is 0.0619. The van der Waals surface area contributed by atoms with E-state index >= 15 is 0 Å². The predicted octanol–water partition coefficient (Wildman–Crippen LogP) is 15.5. The highest BCUT2D eigenvalue weighted by Gasteiger charge is 2.59. The summed E-state index contributed by atoms with van der Waals surface area (Å²) < 4.78 is 6.15. The number of rotatable bonds is 25. The van der Waals surface area contributed by atoms with E-state index in [2.05, 4.69) is 59.8 Å². The van der Waals surface area contributed by atoms with Gasteiger partial charge in [-0.3, -0.25) is 4.79 Å².